The van der Waals surface area contributed by atoms with Gasteiger partial charge in [0.15, 0.2) is 0 Å². The number of aryl methyl sites for hydroxylation is 1. The van der Waals surface area contributed by atoms with Gasteiger partial charge in [-0.2, -0.15) is 0 Å². The number of hydrogen-bond donors (Lipinski definition) is 0. The van der Waals surface area contributed by atoms with E-state index in [1.165, 1.54) is 0 Å². The first-order valence-electron chi connectivity index (χ1n) is 7.05. The van der Waals surface area contributed by atoms with E-state index in [0.717, 1.165) is 12.1 Å². The molecule has 1 fully saturated rings. The zero-order valence-corrected chi connectivity index (χ0v) is 12.3. The van der Waals surface area contributed by atoms with Gasteiger partial charge in [-0.05, 0) is 31.9 Å². The van der Waals surface area contributed by atoms with E-state index in [1.807, 2.05) is 32.0 Å². The number of amides is 2. The summed E-state index contributed by atoms with van der Waals surface area (Å²) in [6.07, 6.45) is 2.02. The summed E-state index contributed by atoms with van der Waals surface area (Å²) < 4.78 is 0. The van der Waals surface area contributed by atoms with Gasteiger partial charge in [0.2, 0.25) is 5.91 Å². The van der Waals surface area contributed by atoms with Crippen molar-refractivity contribution < 1.29 is 9.59 Å². The van der Waals surface area contributed by atoms with Crippen LogP contribution in [0.4, 0.5) is 5.82 Å². The van der Waals surface area contributed by atoms with E-state index in [0.29, 0.717) is 25.2 Å². The van der Waals surface area contributed by atoms with Gasteiger partial charge in [-0.25, -0.2) is 4.98 Å². The fourth-order valence-electron chi connectivity index (χ4n) is 2.58. The molecule has 5 nitrogen and oxygen atoms in total. The SMILES string of the molecule is CCC(C(=O)N(C)c1cccc(C)n1)N1CCCC1=O. The minimum atomic E-state index is -0.377. The van der Waals surface area contributed by atoms with E-state index in [2.05, 4.69) is 4.98 Å². The Morgan fingerprint density at radius 2 is 2.25 bits per heavy atom. The van der Waals surface area contributed by atoms with Crippen LogP contribution in [0.1, 0.15) is 31.9 Å². The highest BCUT2D eigenvalue weighted by Gasteiger charge is 2.33. The van der Waals surface area contributed by atoms with Crippen LogP contribution < -0.4 is 4.90 Å². The zero-order chi connectivity index (χ0) is 14.7. The fraction of sp³-hybridized carbons (Fsp3) is 0.533. The van der Waals surface area contributed by atoms with Gasteiger partial charge >= 0.3 is 0 Å². The third-order valence-electron chi connectivity index (χ3n) is 3.71. The molecule has 1 aromatic heterocycles. The summed E-state index contributed by atoms with van der Waals surface area (Å²) >= 11 is 0. The number of anilines is 1. The van der Waals surface area contributed by atoms with Crippen molar-refractivity contribution in [1.82, 2.24) is 9.88 Å². The summed E-state index contributed by atoms with van der Waals surface area (Å²) in [6.45, 7) is 4.51. The molecule has 0 N–H and O–H groups in total. The Hall–Kier alpha value is -1.91. The molecule has 0 aromatic carbocycles. The Kier molecular flexibility index (Phi) is 4.37. The number of likely N-dealkylation sites (N-methyl/N-ethyl adjacent to an activating group) is 1. The molecule has 108 valence electrons. The molecule has 1 atom stereocenters. The first-order chi connectivity index (χ1) is 9.54. The smallest absolute Gasteiger partial charge is 0.250 e. The number of aromatic nitrogens is 1. The maximum Gasteiger partial charge on any atom is 0.250 e. The summed E-state index contributed by atoms with van der Waals surface area (Å²) in [5, 5.41) is 0. The molecule has 0 aliphatic carbocycles. The summed E-state index contributed by atoms with van der Waals surface area (Å²) in [5.74, 6) is 0.636. The molecule has 1 aliphatic heterocycles. The lowest BCUT2D eigenvalue weighted by Gasteiger charge is -2.29. The number of rotatable bonds is 4. The number of hydrogen-bond acceptors (Lipinski definition) is 3. The topological polar surface area (TPSA) is 53.5 Å². The van der Waals surface area contributed by atoms with Crippen molar-refractivity contribution in [2.24, 2.45) is 0 Å². The van der Waals surface area contributed by atoms with Gasteiger partial charge < -0.3 is 4.90 Å². The Bertz CT molecular complexity index is 516. The average molecular weight is 275 g/mol. The minimum Gasteiger partial charge on any atom is -0.331 e. The zero-order valence-electron chi connectivity index (χ0n) is 12.3. The van der Waals surface area contributed by atoms with Crippen LogP contribution in [0.3, 0.4) is 0 Å². The number of carbonyl (C=O) groups excluding carboxylic acids is 2. The van der Waals surface area contributed by atoms with Crippen molar-refractivity contribution in [3.8, 4) is 0 Å². The van der Waals surface area contributed by atoms with E-state index in [4.69, 9.17) is 0 Å². The van der Waals surface area contributed by atoms with Crippen LogP contribution >= 0.6 is 0 Å². The van der Waals surface area contributed by atoms with Crippen molar-refractivity contribution in [3.05, 3.63) is 23.9 Å². The standard InChI is InChI=1S/C15H21N3O2/c1-4-12(18-10-6-9-14(18)19)15(20)17(3)13-8-5-7-11(2)16-13/h5,7-8,12H,4,6,9-10H2,1-3H3. The van der Waals surface area contributed by atoms with Crippen LogP contribution in [-0.2, 0) is 9.59 Å². The van der Waals surface area contributed by atoms with Crippen LogP contribution in [-0.4, -0.2) is 41.3 Å². The van der Waals surface area contributed by atoms with E-state index >= 15 is 0 Å². The van der Waals surface area contributed by atoms with Gasteiger partial charge in [-0.1, -0.05) is 13.0 Å². The van der Waals surface area contributed by atoms with Gasteiger partial charge in [-0.3, -0.25) is 14.5 Å². The van der Waals surface area contributed by atoms with Crippen molar-refractivity contribution in [2.75, 3.05) is 18.5 Å². The molecule has 0 bridgehead atoms. The average Bonchev–Trinajstić information content (AvgIpc) is 2.85. The molecule has 1 unspecified atom stereocenters. The second-order valence-corrected chi connectivity index (χ2v) is 5.15. The quantitative estimate of drug-likeness (QED) is 0.841. The summed E-state index contributed by atoms with van der Waals surface area (Å²) in [7, 11) is 1.72. The van der Waals surface area contributed by atoms with Crippen LogP contribution in [0.25, 0.3) is 0 Å². The van der Waals surface area contributed by atoms with Gasteiger partial charge in [0.05, 0.1) is 0 Å². The molecule has 0 saturated carbocycles. The Morgan fingerprint density at radius 1 is 1.50 bits per heavy atom. The molecule has 2 rings (SSSR count). The largest absolute Gasteiger partial charge is 0.331 e. The van der Waals surface area contributed by atoms with Gasteiger partial charge in [0, 0.05) is 25.7 Å². The molecule has 0 spiro atoms. The first-order valence-corrected chi connectivity index (χ1v) is 7.05. The molecule has 1 aromatic rings. The van der Waals surface area contributed by atoms with E-state index < -0.39 is 0 Å². The van der Waals surface area contributed by atoms with Crippen molar-refractivity contribution in [1.29, 1.82) is 0 Å². The summed E-state index contributed by atoms with van der Waals surface area (Å²) in [6, 6.07) is 5.20. The first kappa shape index (κ1) is 14.5. The number of nitrogens with zero attached hydrogens (tertiary/aromatic N) is 3. The summed E-state index contributed by atoms with van der Waals surface area (Å²) in [5.41, 5.74) is 0.868. The molecule has 2 heterocycles. The Balaban J connectivity index is 2.17. The predicted octanol–water partition coefficient (Wildman–Crippen LogP) is 1.75. The molecule has 2 amide bonds. The maximum atomic E-state index is 12.6. The second-order valence-electron chi connectivity index (χ2n) is 5.15. The normalized spacial score (nSPS) is 16.4. The minimum absolute atomic E-state index is 0.0687. The highest BCUT2D eigenvalue weighted by Crippen LogP contribution is 2.19. The van der Waals surface area contributed by atoms with Gasteiger partial charge in [-0.15, -0.1) is 0 Å². The van der Waals surface area contributed by atoms with Gasteiger partial charge in [0.1, 0.15) is 11.9 Å². The highest BCUT2D eigenvalue weighted by molar-refractivity contribution is 5.98. The van der Waals surface area contributed by atoms with Crippen LogP contribution in [0, 0.1) is 6.92 Å². The van der Waals surface area contributed by atoms with Crippen LogP contribution in [0.5, 0.6) is 0 Å². The third kappa shape index (κ3) is 2.81. The molecule has 1 aliphatic rings. The van der Waals surface area contributed by atoms with Crippen molar-refractivity contribution in [2.45, 2.75) is 39.2 Å². The number of pyridine rings is 1. The molecular weight excluding hydrogens is 254 g/mol. The Morgan fingerprint density at radius 3 is 2.80 bits per heavy atom. The van der Waals surface area contributed by atoms with E-state index in [1.54, 1.807) is 16.8 Å². The van der Waals surface area contributed by atoms with Crippen LogP contribution in [0.2, 0.25) is 0 Å². The highest BCUT2D eigenvalue weighted by atomic mass is 16.2. The number of carbonyl (C=O) groups is 2. The predicted molar refractivity (Wildman–Crippen MR) is 77.4 cm³/mol. The lowest BCUT2D eigenvalue weighted by atomic mass is 10.1. The molecule has 0 radical (unpaired) electrons. The molecule has 20 heavy (non-hydrogen) atoms. The monoisotopic (exact) mass is 275 g/mol. The lowest BCUT2D eigenvalue weighted by Crippen LogP contribution is -2.48. The van der Waals surface area contributed by atoms with Gasteiger partial charge in [0.25, 0.3) is 5.91 Å². The lowest BCUT2D eigenvalue weighted by molar-refractivity contribution is -0.136. The summed E-state index contributed by atoms with van der Waals surface area (Å²) in [4.78, 5) is 32.1. The van der Waals surface area contributed by atoms with E-state index in [9.17, 15) is 9.59 Å². The molecule has 1 saturated heterocycles. The van der Waals surface area contributed by atoms with Crippen molar-refractivity contribution in [3.63, 3.8) is 0 Å². The van der Waals surface area contributed by atoms with Crippen LogP contribution in [0.15, 0.2) is 18.2 Å². The van der Waals surface area contributed by atoms with E-state index in [-0.39, 0.29) is 17.9 Å². The molecular formula is C15H21N3O2. The maximum absolute atomic E-state index is 12.6. The van der Waals surface area contributed by atoms with Crippen molar-refractivity contribution >= 4 is 17.6 Å². The second kappa shape index (κ2) is 6.03. The third-order valence-corrected chi connectivity index (χ3v) is 3.71. The Labute approximate surface area is 119 Å². The number of likely N-dealkylation sites (tertiary alicyclic amines) is 1. The fourth-order valence-corrected chi connectivity index (χ4v) is 2.58. The molecule has 5 heteroatoms.